The van der Waals surface area contributed by atoms with E-state index in [9.17, 15) is 9.50 Å². The molecule has 1 aromatic carbocycles. The lowest BCUT2D eigenvalue weighted by molar-refractivity contribution is 0.0737. The van der Waals surface area contributed by atoms with E-state index in [0.29, 0.717) is 10.0 Å². The molecule has 66 valence electrons. The lowest BCUT2D eigenvalue weighted by atomic mass is 9.98. The Balaban J connectivity index is 3.31. The van der Waals surface area contributed by atoms with Crippen LogP contribution in [0.4, 0.5) is 4.39 Å². The zero-order valence-electron chi connectivity index (χ0n) is 6.94. The Labute approximate surface area is 79.4 Å². The minimum atomic E-state index is -1.15. The third-order valence-electron chi connectivity index (χ3n) is 1.57. The quantitative estimate of drug-likeness (QED) is 0.790. The molecule has 0 saturated carbocycles. The van der Waals surface area contributed by atoms with E-state index in [1.54, 1.807) is 26.0 Å². The zero-order valence-corrected chi connectivity index (χ0v) is 8.52. The Kier molecular flexibility index (Phi) is 2.54. The van der Waals surface area contributed by atoms with E-state index in [0.717, 1.165) is 0 Å². The van der Waals surface area contributed by atoms with Crippen LogP contribution >= 0.6 is 15.9 Å². The van der Waals surface area contributed by atoms with Crippen LogP contribution in [0.2, 0.25) is 0 Å². The van der Waals surface area contributed by atoms with E-state index >= 15 is 0 Å². The van der Waals surface area contributed by atoms with E-state index in [-0.39, 0.29) is 0 Å². The van der Waals surface area contributed by atoms with Gasteiger partial charge in [0.05, 0.1) is 5.60 Å². The van der Waals surface area contributed by atoms with Crippen molar-refractivity contribution < 1.29 is 9.50 Å². The number of aliphatic hydroxyl groups is 1. The Morgan fingerprint density at radius 2 is 2.00 bits per heavy atom. The number of benzene rings is 1. The van der Waals surface area contributed by atoms with Crippen molar-refractivity contribution in [1.29, 1.82) is 0 Å². The Hall–Kier alpha value is -0.410. The van der Waals surface area contributed by atoms with Crippen molar-refractivity contribution >= 4 is 15.9 Å². The summed E-state index contributed by atoms with van der Waals surface area (Å²) in [5.74, 6) is -0.392. The molecule has 1 aromatic rings. The lowest BCUT2D eigenvalue weighted by Crippen LogP contribution is -2.18. The van der Waals surface area contributed by atoms with Crippen molar-refractivity contribution in [3.63, 3.8) is 0 Å². The highest BCUT2D eigenvalue weighted by atomic mass is 79.9. The Bertz CT molecular complexity index is 271. The van der Waals surface area contributed by atoms with Crippen molar-refractivity contribution in [2.45, 2.75) is 19.4 Å². The highest BCUT2D eigenvalue weighted by molar-refractivity contribution is 9.10. The summed E-state index contributed by atoms with van der Waals surface area (Å²) in [6.45, 7) is 3.10. The second kappa shape index (κ2) is 3.15. The molecule has 0 bridgehead atoms. The van der Waals surface area contributed by atoms with Gasteiger partial charge in [0.2, 0.25) is 0 Å². The predicted octanol–water partition coefficient (Wildman–Crippen LogP) is 2.82. The van der Waals surface area contributed by atoms with Gasteiger partial charge in [0.1, 0.15) is 5.82 Å². The molecule has 1 rings (SSSR count). The van der Waals surface area contributed by atoms with Gasteiger partial charge < -0.3 is 5.11 Å². The van der Waals surface area contributed by atoms with Crippen LogP contribution in [0.3, 0.4) is 0 Å². The Morgan fingerprint density at radius 1 is 1.42 bits per heavy atom. The van der Waals surface area contributed by atoms with Crippen LogP contribution in [-0.4, -0.2) is 5.11 Å². The molecule has 1 nitrogen and oxygen atoms in total. The van der Waals surface area contributed by atoms with Gasteiger partial charge in [0.25, 0.3) is 0 Å². The zero-order chi connectivity index (χ0) is 9.35. The highest BCUT2D eigenvalue weighted by Gasteiger charge is 2.22. The fraction of sp³-hybridized carbons (Fsp3) is 0.333. The van der Waals surface area contributed by atoms with Gasteiger partial charge in [-0.15, -0.1) is 0 Å². The van der Waals surface area contributed by atoms with Crippen molar-refractivity contribution in [2.24, 2.45) is 0 Å². The van der Waals surface area contributed by atoms with E-state index in [4.69, 9.17) is 0 Å². The number of hydrogen-bond acceptors (Lipinski definition) is 1. The molecule has 0 aliphatic heterocycles. The molecule has 0 fully saturated rings. The third kappa shape index (κ3) is 1.84. The second-order valence-corrected chi connectivity index (χ2v) is 4.01. The molecular weight excluding hydrogens is 223 g/mol. The van der Waals surface area contributed by atoms with Gasteiger partial charge in [0.15, 0.2) is 0 Å². The minimum absolute atomic E-state index is 0.296. The molecule has 0 atom stereocenters. The van der Waals surface area contributed by atoms with Crippen molar-refractivity contribution in [3.8, 4) is 0 Å². The van der Waals surface area contributed by atoms with Crippen LogP contribution < -0.4 is 0 Å². The molecule has 0 unspecified atom stereocenters. The monoisotopic (exact) mass is 232 g/mol. The molecule has 0 heterocycles. The van der Waals surface area contributed by atoms with Crippen LogP contribution in [0.1, 0.15) is 19.4 Å². The van der Waals surface area contributed by atoms with Gasteiger partial charge in [-0.3, -0.25) is 0 Å². The molecule has 1 N–H and O–H groups in total. The van der Waals surface area contributed by atoms with Gasteiger partial charge in [-0.25, -0.2) is 4.39 Å². The van der Waals surface area contributed by atoms with E-state index < -0.39 is 11.4 Å². The third-order valence-corrected chi connectivity index (χ3v) is 2.24. The van der Waals surface area contributed by atoms with Crippen LogP contribution in [0.5, 0.6) is 0 Å². The molecular formula is C9H10BrFO. The fourth-order valence-corrected chi connectivity index (χ4v) is 1.91. The number of hydrogen-bond donors (Lipinski definition) is 1. The topological polar surface area (TPSA) is 20.2 Å². The minimum Gasteiger partial charge on any atom is -0.386 e. The molecule has 0 aliphatic carbocycles. The molecule has 3 heteroatoms. The summed E-state index contributed by atoms with van der Waals surface area (Å²) in [5, 5.41) is 9.58. The van der Waals surface area contributed by atoms with E-state index in [1.165, 1.54) is 6.07 Å². The smallest absolute Gasteiger partial charge is 0.130 e. The van der Waals surface area contributed by atoms with E-state index in [1.807, 2.05) is 0 Å². The molecule has 0 aromatic heterocycles. The lowest BCUT2D eigenvalue weighted by Gasteiger charge is -2.19. The standard InChI is InChI=1S/C9H10BrFO/c1-9(2,12)8-6(10)4-3-5-7(8)11/h3-5,12H,1-2H3. The Morgan fingerprint density at radius 3 is 2.33 bits per heavy atom. The number of halogens is 2. The maximum absolute atomic E-state index is 13.2. The largest absolute Gasteiger partial charge is 0.386 e. The van der Waals surface area contributed by atoms with Gasteiger partial charge in [-0.05, 0) is 26.0 Å². The molecule has 0 radical (unpaired) electrons. The average Bonchev–Trinajstić information content (AvgIpc) is 1.82. The number of rotatable bonds is 1. The molecule has 0 saturated heterocycles. The average molecular weight is 233 g/mol. The van der Waals surface area contributed by atoms with E-state index in [2.05, 4.69) is 15.9 Å². The van der Waals surface area contributed by atoms with Gasteiger partial charge in [0, 0.05) is 10.0 Å². The highest BCUT2D eigenvalue weighted by Crippen LogP contribution is 2.29. The first kappa shape index (κ1) is 9.68. The van der Waals surface area contributed by atoms with Crippen LogP contribution in [0, 0.1) is 5.82 Å². The summed E-state index contributed by atoms with van der Waals surface area (Å²) < 4.78 is 13.7. The fourth-order valence-electron chi connectivity index (χ4n) is 1.08. The summed E-state index contributed by atoms with van der Waals surface area (Å²) in [7, 11) is 0. The van der Waals surface area contributed by atoms with Crippen LogP contribution in [-0.2, 0) is 5.60 Å². The van der Waals surface area contributed by atoms with Crippen LogP contribution in [0.25, 0.3) is 0 Å². The first-order valence-corrected chi connectivity index (χ1v) is 4.39. The van der Waals surface area contributed by atoms with Crippen molar-refractivity contribution in [3.05, 3.63) is 34.1 Å². The van der Waals surface area contributed by atoms with Crippen LogP contribution in [0.15, 0.2) is 22.7 Å². The molecule has 0 spiro atoms. The summed E-state index contributed by atoms with van der Waals surface area (Å²) in [6.07, 6.45) is 0. The normalized spacial score (nSPS) is 11.8. The molecule has 0 aliphatic rings. The van der Waals surface area contributed by atoms with Gasteiger partial charge >= 0.3 is 0 Å². The molecule has 0 amide bonds. The summed E-state index contributed by atoms with van der Waals surface area (Å²) in [6, 6.07) is 4.63. The summed E-state index contributed by atoms with van der Waals surface area (Å²) in [5.41, 5.74) is -0.852. The maximum atomic E-state index is 13.2. The van der Waals surface area contributed by atoms with Gasteiger partial charge in [-0.2, -0.15) is 0 Å². The summed E-state index contributed by atoms with van der Waals surface area (Å²) in [4.78, 5) is 0. The van der Waals surface area contributed by atoms with Crippen molar-refractivity contribution in [2.75, 3.05) is 0 Å². The first-order chi connectivity index (χ1) is 5.43. The second-order valence-electron chi connectivity index (χ2n) is 3.16. The summed E-state index contributed by atoms with van der Waals surface area (Å²) >= 11 is 3.18. The first-order valence-electron chi connectivity index (χ1n) is 3.60. The molecule has 12 heavy (non-hydrogen) atoms. The maximum Gasteiger partial charge on any atom is 0.130 e. The van der Waals surface area contributed by atoms with Gasteiger partial charge in [-0.1, -0.05) is 22.0 Å². The predicted molar refractivity (Wildman–Crippen MR) is 49.3 cm³/mol. The van der Waals surface area contributed by atoms with Crippen molar-refractivity contribution in [1.82, 2.24) is 0 Å². The SMILES string of the molecule is CC(C)(O)c1c(F)cccc1Br.